The molecule has 22 heavy (non-hydrogen) atoms. The molecule has 0 saturated heterocycles. The topological polar surface area (TPSA) is 93.6 Å². The van der Waals surface area contributed by atoms with E-state index in [1.165, 1.54) is 6.33 Å². The number of carboxylic acid groups (broad SMARTS) is 1. The largest absolute Gasteiger partial charge is 0.550 e. The van der Waals surface area contributed by atoms with Gasteiger partial charge in [-0.2, -0.15) is 0 Å². The predicted molar refractivity (Wildman–Crippen MR) is 77.0 cm³/mol. The highest BCUT2D eigenvalue weighted by Gasteiger charge is 2.11. The van der Waals surface area contributed by atoms with Gasteiger partial charge < -0.3 is 24.1 Å². The van der Waals surface area contributed by atoms with E-state index < -0.39 is 5.97 Å². The molecule has 0 amide bonds. The molecule has 0 fully saturated rings. The number of ether oxygens (including phenoxy) is 3. The van der Waals surface area contributed by atoms with Crippen LogP contribution in [-0.4, -0.2) is 42.9 Å². The van der Waals surface area contributed by atoms with E-state index in [1.807, 2.05) is 0 Å². The highest BCUT2D eigenvalue weighted by molar-refractivity contribution is 6.34. The van der Waals surface area contributed by atoms with Crippen LogP contribution < -0.4 is 14.6 Å². The van der Waals surface area contributed by atoms with Crippen LogP contribution in [0.5, 0.6) is 11.5 Å². The van der Waals surface area contributed by atoms with Gasteiger partial charge in [0.15, 0.2) is 11.5 Å². The maximum atomic E-state index is 10.5. The normalized spacial score (nSPS) is 10.6. The minimum absolute atomic E-state index is 0.0344. The Balaban J connectivity index is 2.28. The molecule has 0 aliphatic rings. The van der Waals surface area contributed by atoms with Gasteiger partial charge in [0, 0.05) is 31.0 Å². The van der Waals surface area contributed by atoms with Crippen molar-refractivity contribution in [2.24, 2.45) is 0 Å². The summed E-state index contributed by atoms with van der Waals surface area (Å²) in [5.41, 5.74) is 0.572. The van der Waals surface area contributed by atoms with E-state index in [4.69, 9.17) is 25.8 Å². The van der Waals surface area contributed by atoms with Crippen molar-refractivity contribution in [2.45, 2.75) is 6.42 Å². The summed E-state index contributed by atoms with van der Waals surface area (Å²) < 4.78 is 15.9. The number of fused-ring (bicyclic) bond motifs is 1. The zero-order chi connectivity index (χ0) is 15.9. The molecule has 118 valence electrons. The van der Waals surface area contributed by atoms with Crippen LogP contribution in [0, 0.1) is 0 Å². The minimum Gasteiger partial charge on any atom is -0.550 e. The van der Waals surface area contributed by atoms with E-state index in [-0.39, 0.29) is 13.0 Å². The van der Waals surface area contributed by atoms with Crippen molar-refractivity contribution in [3.05, 3.63) is 23.6 Å². The Bertz CT molecular complexity index is 665. The highest BCUT2D eigenvalue weighted by atomic mass is 35.5. The molecular formula is C14H14ClN2O5-. The van der Waals surface area contributed by atoms with Crippen molar-refractivity contribution in [3.63, 3.8) is 0 Å². The molecule has 0 unspecified atom stereocenters. The standard InChI is InChI=1S/C14H15ClN2O5/c1-20-4-5-22-11-6-9-10(16-8-17-14(9)15)7-12(11)21-3-2-13(18)19/h6-8H,2-5H2,1H3,(H,18,19)/p-1. The van der Waals surface area contributed by atoms with E-state index in [2.05, 4.69) is 9.97 Å². The third kappa shape index (κ3) is 4.19. The monoisotopic (exact) mass is 325 g/mol. The second kappa shape index (κ2) is 7.77. The molecule has 0 aliphatic heterocycles. The average molecular weight is 326 g/mol. The Labute approximate surface area is 131 Å². The number of carbonyl (C=O) groups is 1. The van der Waals surface area contributed by atoms with Gasteiger partial charge in [-0.05, 0) is 6.07 Å². The zero-order valence-corrected chi connectivity index (χ0v) is 12.6. The second-order valence-corrected chi connectivity index (χ2v) is 4.65. The molecular weight excluding hydrogens is 312 g/mol. The molecule has 0 spiro atoms. The van der Waals surface area contributed by atoms with Gasteiger partial charge in [-0.3, -0.25) is 0 Å². The lowest BCUT2D eigenvalue weighted by molar-refractivity contribution is -0.306. The van der Waals surface area contributed by atoms with E-state index in [1.54, 1.807) is 19.2 Å². The van der Waals surface area contributed by atoms with Crippen molar-refractivity contribution in [3.8, 4) is 11.5 Å². The molecule has 0 saturated carbocycles. The average Bonchev–Trinajstić information content (AvgIpc) is 2.48. The summed E-state index contributed by atoms with van der Waals surface area (Å²) in [7, 11) is 1.56. The van der Waals surface area contributed by atoms with Gasteiger partial charge in [0.05, 0.1) is 18.7 Å². The van der Waals surface area contributed by atoms with Crippen LogP contribution >= 0.6 is 11.6 Å². The number of aromatic nitrogens is 2. The van der Waals surface area contributed by atoms with E-state index >= 15 is 0 Å². The van der Waals surface area contributed by atoms with Crippen LogP contribution in [0.2, 0.25) is 5.15 Å². The fourth-order valence-electron chi connectivity index (χ4n) is 1.74. The predicted octanol–water partition coefficient (Wildman–Crippen LogP) is 0.827. The quantitative estimate of drug-likeness (QED) is 0.524. The van der Waals surface area contributed by atoms with Crippen LogP contribution in [0.25, 0.3) is 10.9 Å². The summed E-state index contributed by atoms with van der Waals surface area (Å²) in [6, 6.07) is 3.28. The lowest BCUT2D eigenvalue weighted by Crippen LogP contribution is -2.24. The van der Waals surface area contributed by atoms with Gasteiger partial charge in [-0.25, -0.2) is 9.97 Å². The maximum Gasteiger partial charge on any atom is 0.163 e. The van der Waals surface area contributed by atoms with Crippen LogP contribution in [0.15, 0.2) is 18.5 Å². The fraction of sp³-hybridized carbons (Fsp3) is 0.357. The first-order valence-electron chi connectivity index (χ1n) is 6.50. The van der Waals surface area contributed by atoms with Crippen molar-refractivity contribution >= 4 is 28.5 Å². The lowest BCUT2D eigenvalue weighted by Gasteiger charge is -2.14. The van der Waals surface area contributed by atoms with Gasteiger partial charge in [-0.15, -0.1) is 0 Å². The van der Waals surface area contributed by atoms with E-state index in [0.717, 1.165) is 0 Å². The molecule has 0 N–H and O–H groups in total. The fourth-order valence-corrected chi connectivity index (χ4v) is 1.93. The number of carboxylic acids is 1. The molecule has 8 heteroatoms. The summed E-state index contributed by atoms with van der Waals surface area (Å²) in [5, 5.41) is 11.4. The van der Waals surface area contributed by atoms with Gasteiger partial charge in [0.2, 0.25) is 0 Å². The molecule has 0 atom stereocenters. The third-order valence-corrected chi connectivity index (χ3v) is 3.06. The number of hydrogen-bond donors (Lipinski definition) is 0. The number of rotatable bonds is 8. The molecule has 1 aromatic heterocycles. The summed E-state index contributed by atoms with van der Waals surface area (Å²) in [6.45, 7) is 0.674. The van der Waals surface area contributed by atoms with Crippen LogP contribution in [-0.2, 0) is 9.53 Å². The SMILES string of the molecule is COCCOc1cc2c(Cl)ncnc2cc1OCCC(=O)[O-]. The Morgan fingerprint density at radius 1 is 1.18 bits per heavy atom. The maximum absolute atomic E-state index is 10.5. The molecule has 1 heterocycles. The summed E-state index contributed by atoms with van der Waals surface area (Å²) in [4.78, 5) is 18.5. The third-order valence-electron chi connectivity index (χ3n) is 2.76. The minimum atomic E-state index is -1.19. The van der Waals surface area contributed by atoms with Crippen molar-refractivity contribution < 1.29 is 24.1 Å². The molecule has 0 bridgehead atoms. The molecule has 2 aromatic rings. The van der Waals surface area contributed by atoms with Gasteiger partial charge >= 0.3 is 0 Å². The number of hydrogen-bond acceptors (Lipinski definition) is 7. The van der Waals surface area contributed by atoms with Gasteiger partial charge in [0.25, 0.3) is 0 Å². The number of nitrogens with zero attached hydrogens (tertiary/aromatic N) is 2. The number of carbonyl (C=O) groups excluding carboxylic acids is 1. The molecule has 2 rings (SSSR count). The Morgan fingerprint density at radius 2 is 1.91 bits per heavy atom. The smallest absolute Gasteiger partial charge is 0.163 e. The van der Waals surface area contributed by atoms with E-state index in [9.17, 15) is 9.90 Å². The number of aliphatic carboxylic acids is 1. The Kier molecular flexibility index (Phi) is 5.74. The highest BCUT2D eigenvalue weighted by Crippen LogP contribution is 2.34. The molecule has 0 aliphatic carbocycles. The van der Waals surface area contributed by atoms with Crippen molar-refractivity contribution in [1.29, 1.82) is 0 Å². The number of benzene rings is 1. The van der Waals surface area contributed by atoms with Gasteiger partial charge in [-0.1, -0.05) is 11.6 Å². The van der Waals surface area contributed by atoms with Crippen molar-refractivity contribution in [1.82, 2.24) is 9.97 Å². The Morgan fingerprint density at radius 3 is 2.64 bits per heavy atom. The zero-order valence-electron chi connectivity index (χ0n) is 11.9. The van der Waals surface area contributed by atoms with E-state index in [0.29, 0.717) is 40.8 Å². The lowest BCUT2D eigenvalue weighted by atomic mass is 10.2. The first-order valence-corrected chi connectivity index (χ1v) is 6.88. The van der Waals surface area contributed by atoms with Crippen LogP contribution in [0.3, 0.4) is 0 Å². The summed E-state index contributed by atoms with van der Waals surface area (Å²) >= 11 is 6.03. The number of halogens is 1. The first-order chi connectivity index (χ1) is 10.6. The number of methoxy groups -OCH3 is 1. The Hall–Kier alpha value is -2.12. The molecule has 7 nitrogen and oxygen atoms in total. The first kappa shape index (κ1) is 16.3. The van der Waals surface area contributed by atoms with Crippen LogP contribution in [0.4, 0.5) is 0 Å². The molecule has 0 radical (unpaired) electrons. The summed E-state index contributed by atoms with van der Waals surface area (Å²) in [6.07, 6.45) is 1.11. The molecule has 1 aromatic carbocycles. The summed E-state index contributed by atoms with van der Waals surface area (Å²) in [5.74, 6) is -0.396. The van der Waals surface area contributed by atoms with Crippen molar-refractivity contribution in [2.75, 3.05) is 26.9 Å². The van der Waals surface area contributed by atoms with Gasteiger partial charge in [0.1, 0.15) is 18.1 Å². The van der Waals surface area contributed by atoms with Crippen LogP contribution in [0.1, 0.15) is 6.42 Å². The second-order valence-electron chi connectivity index (χ2n) is 4.29.